The Labute approximate surface area is 178 Å². The molecule has 2 heteroatoms. The van der Waals surface area contributed by atoms with E-state index >= 15 is 0 Å². The molecule has 0 aliphatic carbocycles. The fraction of sp³-hybridized carbons (Fsp3) is 0.0345. The summed E-state index contributed by atoms with van der Waals surface area (Å²) < 4.78 is 12.6. The van der Waals surface area contributed by atoms with Gasteiger partial charge in [0.05, 0.1) is 0 Å². The second-order valence-corrected chi connectivity index (χ2v) is 8.26. The zero-order valence-corrected chi connectivity index (χ0v) is 17.0. The molecule has 2 aromatic heterocycles. The standard InChI is InChI=1S/C29H18O2/c1-17-5-4-6-18(15-17)19-9-14-27-25(16-19)24-13-12-22-23(29(24)31-27)11-10-21-20-7-2-3-8-26(20)30-28(21)22/h2-16H,1H3. The lowest BCUT2D eigenvalue weighted by atomic mass is 10.00. The maximum Gasteiger partial charge on any atom is 0.143 e. The molecule has 146 valence electrons. The summed E-state index contributed by atoms with van der Waals surface area (Å²) in [7, 11) is 0. The van der Waals surface area contributed by atoms with Crippen molar-refractivity contribution in [3.63, 3.8) is 0 Å². The molecule has 31 heavy (non-hydrogen) atoms. The highest BCUT2D eigenvalue weighted by molar-refractivity contribution is 6.22. The third-order valence-electron chi connectivity index (χ3n) is 6.32. The van der Waals surface area contributed by atoms with Crippen LogP contribution in [0.3, 0.4) is 0 Å². The summed E-state index contributed by atoms with van der Waals surface area (Å²) in [5.41, 5.74) is 7.34. The smallest absolute Gasteiger partial charge is 0.143 e. The van der Waals surface area contributed by atoms with Crippen molar-refractivity contribution >= 4 is 54.6 Å². The molecule has 0 unspecified atom stereocenters. The SMILES string of the molecule is Cc1cccc(-c2ccc3oc4c(ccc5c4ccc4c6ccccc6oc45)c3c2)c1. The van der Waals surface area contributed by atoms with Gasteiger partial charge in [0, 0.05) is 32.3 Å². The summed E-state index contributed by atoms with van der Waals surface area (Å²) in [6, 6.07) is 31.9. The molecule has 0 aliphatic rings. The van der Waals surface area contributed by atoms with Crippen molar-refractivity contribution in [2.75, 3.05) is 0 Å². The number of hydrogen-bond acceptors (Lipinski definition) is 2. The third kappa shape index (κ3) is 2.33. The first-order valence-corrected chi connectivity index (χ1v) is 10.5. The molecule has 0 atom stereocenters. The van der Waals surface area contributed by atoms with Gasteiger partial charge in [0.1, 0.15) is 22.3 Å². The molecular formula is C29H18O2. The van der Waals surface area contributed by atoms with Gasteiger partial charge in [-0.15, -0.1) is 0 Å². The van der Waals surface area contributed by atoms with E-state index in [1.807, 2.05) is 12.1 Å². The average Bonchev–Trinajstić information content (AvgIpc) is 3.37. The van der Waals surface area contributed by atoms with E-state index in [0.29, 0.717) is 0 Å². The minimum absolute atomic E-state index is 0.906. The number of benzene rings is 5. The third-order valence-corrected chi connectivity index (χ3v) is 6.32. The molecule has 0 fully saturated rings. The van der Waals surface area contributed by atoms with E-state index in [-0.39, 0.29) is 0 Å². The number of rotatable bonds is 1. The van der Waals surface area contributed by atoms with Crippen LogP contribution in [0.25, 0.3) is 65.8 Å². The van der Waals surface area contributed by atoms with E-state index in [4.69, 9.17) is 8.83 Å². The number of para-hydroxylation sites is 1. The van der Waals surface area contributed by atoms with Gasteiger partial charge < -0.3 is 8.83 Å². The summed E-state index contributed by atoms with van der Waals surface area (Å²) in [6.45, 7) is 2.13. The van der Waals surface area contributed by atoms with E-state index in [1.54, 1.807) is 0 Å². The molecule has 0 saturated heterocycles. The lowest BCUT2D eigenvalue weighted by Gasteiger charge is -2.03. The van der Waals surface area contributed by atoms with Crippen molar-refractivity contribution in [1.29, 1.82) is 0 Å². The number of aryl methyl sites for hydroxylation is 1. The quantitative estimate of drug-likeness (QED) is 0.277. The lowest BCUT2D eigenvalue weighted by Crippen LogP contribution is -1.79. The number of fused-ring (bicyclic) bond motifs is 9. The van der Waals surface area contributed by atoms with Crippen LogP contribution < -0.4 is 0 Å². The van der Waals surface area contributed by atoms with Crippen LogP contribution in [0.15, 0.2) is 99.8 Å². The Hall–Kier alpha value is -4.04. The fourth-order valence-electron chi connectivity index (χ4n) is 4.83. The van der Waals surface area contributed by atoms with Crippen molar-refractivity contribution in [1.82, 2.24) is 0 Å². The monoisotopic (exact) mass is 398 g/mol. The molecular weight excluding hydrogens is 380 g/mol. The Morgan fingerprint density at radius 2 is 1.06 bits per heavy atom. The molecule has 0 aliphatic heterocycles. The van der Waals surface area contributed by atoms with Gasteiger partial charge >= 0.3 is 0 Å². The summed E-state index contributed by atoms with van der Waals surface area (Å²) in [5, 5.41) is 6.72. The topological polar surface area (TPSA) is 26.3 Å². The molecule has 7 aromatic rings. The molecule has 0 N–H and O–H groups in total. The predicted octanol–water partition coefficient (Wildman–Crippen LogP) is 8.61. The van der Waals surface area contributed by atoms with Gasteiger partial charge in [0.25, 0.3) is 0 Å². The van der Waals surface area contributed by atoms with Crippen molar-refractivity contribution < 1.29 is 8.83 Å². The molecule has 5 aromatic carbocycles. The average molecular weight is 398 g/mol. The molecule has 2 heterocycles. The molecule has 0 spiro atoms. The summed E-state index contributed by atoms with van der Waals surface area (Å²) in [6.07, 6.45) is 0. The van der Waals surface area contributed by atoms with Crippen LogP contribution in [0, 0.1) is 6.92 Å². The highest BCUT2D eigenvalue weighted by Crippen LogP contribution is 2.40. The molecule has 0 amide bonds. The van der Waals surface area contributed by atoms with Crippen molar-refractivity contribution in [3.05, 3.63) is 96.6 Å². The molecule has 0 bridgehead atoms. The van der Waals surface area contributed by atoms with Crippen LogP contribution in [0.4, 0.5) is 0 Å². The van der Waals surface area contributed by atoms with Gasteiger partial charge in [-0.05, 0) is 60.5 Å². The van der Waals surface area contributed by atoms with E-state index in [1.165, 1.54) is 16.7 Å². The van der Waals surface area contributed by atoms with Crippen molar-refractivity contribution in [2.24, 2.45) is 0 Å². The predicted molar refractivity (Wildman–Crippen MR) is 129 cm³/mol. The van der Waals surface area contributed by atoms with E-state index in [0.717, 1.165) is 54.6 Å². The van der Waals surface area contributed by atoms with E-state index in [2.05, 4.69) is 85.8 Å². The van der Waals surface area contributed by atoms with Crippen LogP contribution in [0.5, 0.6) is 0 Å². The Kier molecular flexibility index (Phi) is 3.23. The highest BCUT2D eigenvalue weighted by atomic mass is 16.3. The largest absolute Gasteiger partial charge is 0.455 e. The van der Waals surface area contributed by atoms with Crippen molar-refractivity contribution in [2.45, 2.75) is 6.92 Å². The summed E-state index contributed by atoms with van der Waals surface area (Å²) in [4.78, 5) is 0. The zero-order valence-electron chi connectivity index (χ0n) is 17.0. The minimum Gasteiger partial charge on any atom is -0.455 e. The summed E-state index contributed by atoms with van der Waals surface area (Å²) in [5.74, 6) is 0. The summed E-state index contributed by atoms with van der Waals surface area (Å²) >= 11 is 0. The van der Waals surface area contributed by atoms with Gasteiger partial charge in [-0.1, -0.05) is 54.1 Å². The second-order valence-electron chi connectivity index (χ2n) is 8.26. The van der Waals surface area contributed by atoms with Crippen LogP contribution in [0.2, 0.25) is 0 Å². The van der Waals surface area contributed by atoms with Gasteiger partial charge in [-0.25, -0.2) is 0 Å². The zero-order chi connectivity index (χ0) is 20.5. The van der Waals surface area contributed by atoms with Gasteiger partial charge in [-0.3, -0.25) is 0 Å². The lowest BCUT2D eigenvalue weighted by molar-refractivity contribution is 0.669. The van der Waals surface area contributed by atoms with Crippen LogP contribution >= 0.6 is 0 Å². The van der Waals surface area contributed by atoms with Crippen LogP contribution in [-0.4, -0.2) is 0 Å². The maximum atomic E-state index is 6.36. The molecule has 0 saturated carbocycles. The Morgan fingerprint density at radius 1 is 0.452 bits per heavy atom. The molecule has 0 radical (unpaired) electrons. The Bertz CT molecular complexity index is 1800. The normalized spacial score (nSPS) is 12.0. The first-order valence-electron chi connectivity index (χ1n) is 10.5. The van der Waals surface area contributed by atoms with Crippen molar-refractivity contribution in [3.8, 4) is 11.1 Å². The first-order chi connectivity index (χ1) is 15.3. The van der Waals surface area contributed by atoms with Gasteiger partial charge in [0.15, 0.2) is 0 Å². The van der Waals surface area contributed by atoms with Crippen LogP contribution in [-0.2, 0) is 0 Å². The minimum atomic E-state index is 0.906. The van der Waals surface area contributed by atoms with Gasteiger partial charge in [0.2, 0.25) is 0 Å². The van der Waals surface area contributed by atoms with Crippen LogP contribution in [0.1, 0.15) is 5.56 Å². The van der Waals surface area contributed by atoms with E-state index in [9.17, 15) is 0 Å². The Morgan fingerprint density at radius 3 is 1.81 bits per heavy atom. The van der Waals surface area contributed by atoms with E-state index < -0.39 is 0 Å². The first kappa shape index (κ1) is 16.7. The Balaban J connectivity index is 1.53. The highest BCUT2D eigenvalue weighted by Gasteiger charge is 2.15. The molecule has 7 rings (SSSR count). The molecule has 2 nitrogen and oxygen atoms in total. The number of furan rings is 2. The second kappa shape index (κ2) is 5.99. The van der Waals surface area contributed by atoms with Gasteiger partial charge in [-0.2, -0.15) is 0 Å². The fourth-order valence-corrected chi connectivity index (χ4v) is 4.83. The number of hydrogen-bond donors (Lipinski definition) is 0. The maximum absolute atomic E-state index is 6.36.